The first-order chi connectivity index (χ1) is 14.5. The standard InChI is InChI=1S/C25H46N2O2S/c1-3-4-5-6-7-8-9-10-11-12-13-14-15-16-17-18-19-24-20-22-25(23-21-24)26-27-30(2,28)29/h20-23,26-27H,3-19H2,1-2H3. The summed E-state index contributed by atoms with van der Waals surface area (Å²) >= 11 is 0. The Balaban J connectivity index is 1.87. The maximum Gasteiger partial charge on any atom is 0.225 e. The summed E-state index contributed by atoms with van der Waals surface area (Å²) in [6.45, 7) is 2.28. The second-order valence-electron chi connectivity index (χ2n) is 8.75. The molecular weight excluding hydrogens is 392 g/mol. The first kappa shape index (κ1) is 27.0. The number of unbranched alkanes of at least 4 members (excludes halogenated alkanes) is 15. The smallest absolute Gasteiger partial charge is 0.225 e. The lowest BCUT2D eigenvalue weighted by Crippen LogP contribution is -2.27. The Labute approximate surface area is 186 Å². The van der Waals surface area contributed by atoms with Crippen molar-refractivity contribution in [2.24, 2.45) is 0 Å². The first-order valence-electron chi connectivity index (χ1n) is 12.3. The molecule has 174 valence electrons. The molecule has 0 aliphatic carbocycles. The summed E-state index contributed by atoms with van der Waals surface area (Å²) in [7, 11) is -3.23. The Morgan fingerprint density at radius 3 is 1.43 bits per heavy atom. The fourth-order valence-corrected chi connectivity index (χ4v) is 4.09. The van der Waals surface area contributed by atoms with Crippen LogP contribution in [0.4, 0.5) is 5.69 Å². The van der Waals surface area contributed by atoms with Crippen LogP contribution in [0.2, 0.25) is 0 Å². The van der Waals surface area contributed by atoms with Crippen molar-refractivity contribution in [3.8, 4) is 0 Å². The minimum atomic E-state index is -3.23. The van der Waals surface area contributed by atoms with Crippen LogP contribution in [-0.2, 0) is 16.4 Å². The van der Waals surface area contributed by atoms with Crippen molar-refractivity contribution < 1.29 is 8.42 Å². The number of aryl methyl sites for hydroxylation is 1. The fraction of sp³-hybridized carbons (Fsp3) is 0.760. The Hall–Kier alpha value is -1.07. The maximum atomic E-state index is 11.1. The number of hydrogen-bond acceptors (Lipinski definition) is 3. The summed E-state index contributed by atoms with van der Waals surface area (Å²) in [6.07, 6.45) is 24.5. The van der Waals surface area contributed by atoms with E-state index in [9.17, 15) is 8.42 Å². The Kier molecular flexibility index (Phi) is 15.8. The van der Waals surface area contributed by atoms with Crippen LogP contribution in [0.3, 0.4) is 0 Å². The van der Waals surface area contributed by atoms with Gasteiger partial charge < -0.3 is 5.43 Å². The molecule has 0 spiro atoms. The van der Waals surface area contributed by atoms with Crippen LogP contribution in [0.15, 0.2) is 24.3 Å². The molecule has 0 saturated heterocycles. The van der Waals surface area contributed by atoms with E-state index in [2.05, 4.69) is 29.3 Å². The molecule has 0 unspecified atom stereocenters. The SMILES string of the molecule is CCCCCCCCCCCCCCCCCCc1ccc(NNS(C)(=O)=O)cc1. The summed E-state index contributed by atoms with van der Waals surface area (Å²) in [4.78, 5) is 2.28. The van der Waals surface area contributed by atoms with Crippen molar-refractivity contribution in [3.05, 3.63) is 29.8 Å². The zero-order chi connectivity index (χ0) is 21.9. The fourth-order valence-electron chi connectivity index (χ4n) is 3.78. The van der Waals surface area contributed by atoms with Crippen molar-refractivity contribution in [2.45, 2.75) is 116 Å². The minimum Gasteiger partial charge on any atom is -0.308 e. The predicted molar refractivity (Wildman–Crippen MR) is 131 cm³/mol. The highest BCUT2D eigenvalue weighted by molar-refractivity contribution is 7.88. The Bertz CT molecular complexity index is 615. The number of sulfonamides is 1. The third-order valence-electron chi connectivity index (χ3n) is 5.65. The van der Waals surface area contributed by atoms with E-state index in [1.807, 2.05) is 12.1 Å². The number of rotatable bonds is 20. The third kappa shape index (κ3) is 16.7. The molecule has 1 rings (SSSR count). The lowest BCUT2D eigenvalue weighted by atomic mass is 10.0. The second kappa shape index (κ2) is 17.6. The van der Waals surface area contributed by atoms with E-state index >= 15 is 0 Å². The predicted octanol–water partition coefficient (Wildman–Crippen LogP) is 7.37. The topological polar surface area (TPSA) is 58.2 Å². The van der Waals surface area contributed by atoms with E-state index in [0.29, 0.717) is 0 Å². The lowest BCUT2D eigenvalue weighted by molar-refractivity contribution is 0.529. The van der Waals surface area contributed by atoms with Gasteiger partial charge in [-0.2, -0.15) is 0 Å². The van der Waals surface area contributed by atoms with Gasteiger partial charge in [0.05, 0.1) is 6.26 Å². The van der Waals surface area contributed by atoms with Crippen molar-refractivity contribution >= 4 is 15.7 Å². The summed E-state index contributed by atoms with van der Waals surface area (Å²) in [5.41, 5.74) is 4.77. The minimum absolute atomic E-state index is 0.760. The largest absolute Gasteiger partial charge is 0.308 e. The van der Waals surface area contributed by atoms with Gasteiger partial charge in [0.1, 0.15) is 0 Å². The maximum absolute atomic E-state index is 11.1. The normalized spacial score (nSPS) is 11.7. The molecule has 4 nitrogen and oxygen atoms in total. The van der Waals surface area contributed by atoms with Gasteiger partial charge in [-0.05, 0) is 30.5 Å². The van der Waals surface area contributed by atoms with Crippen LogP contribution in [0, 0.1) is 0 Å². The van der Waals surface area contributed by atoms with Gasteiger partial charge in [-0.25, -0.2) is 8.42 Å². The summed E-state index contributed by atoms with van der Waals surface area (Å²) in [6, 6.07) is 7.97. The van der Waals surface area contributed by atoms with Gasteiger partial charge in [-0.15, -0.1) is 4.83 Å². The average molecular weight is 439 g/mol. The number of anilines is 1. The van der Waals surface area contributed by atoms with E-state index in [-0.39, 0.29) is 0 Å². The van der Waals surface area contributed by atoms with E-state index < -0.39 is 10.0 Å². The van der Waals surface area contributed by atoms with Crippen LogP contribution >= 0.6 is 0 Å². The van der Waals surface area contributed by atoms with E-state index in [1.54, 1.807) is 0 Å². The molecule has 30 heavy (non-hydrogen) atoms. The van der Waals surface area contributed by atoms with Gasteiger partial charge in [0.15, 0.2) is 0 Å². The molecule has 0 amide bonds. The van der Waals surface area contributed by atoms with Crippen molar-refractivity contribution in [3.63, 3.8) is 0 Å². The molecule has 1 aromatic carbocycles. The molecule has 0 radical (unpaired) electrons. The first-order valence-corrected chi connectivity index (χ1v) is 14.2. The number of nitrogens with one attached hydrogen (secondary N) is 2. The highest BCUT2D eigenvalue weighted by Gasteiger charge is 2.00. The van der Waals surface area contributed by atoms with Gasteiger partial charge in [0.25, 0.3) is 0 Å². The lowest BCUT2D eigenvalue weighted by Gasteiger charge is -2.07. The molecule has 0 saturated carbocycles. The second-order valence-corrected chi connectivity index (χ2v) is 10.5. The zero-order valence-corrected chi connectivity index (χ0v) is 20.4. The van der Waals surface area contributed by atoms with Crippen LogP contribution in [0.1, 0.15) is 115 Å². The van der Waals surface area contributed by atoms with Gasteiger partial charge in [-0.3, -0.25) is 0 Å². The molecule has 0 bridgehead atoms. The molecular formula is C25H46N2O2S. The van der Waals surface area contributed by atoms with E-state index in [0.717, 1.165) is 18.4 Å². The number of benzene rings is 1. The Morgan fingerprint density at radius 2 is 1.03 bits per heavy atom. The van der Waals surface area contributed by atoms with Gasteiger partial charge in [0, 0.05) is 5.69 Å². The summed E-state index contributed by atoms with van der Waals surface area (Å²) in [5.74, 6) is 0. The molecule has 0 aliphatic rings. The third-order valence-corrected chi connectivity index (χ3v) is 6.13. The number of hydrazine groups is 1. The summed E-state index contributed by atoms with van der Waals surface area (Å²) < 4.78 is 22.1. The van der Waals surface area contributed by atoms with Crippen LogP contribution in [0.25, 0.3) is 0 Å². The van der Waals surface area contributed by atoms with Crippen molar-refractivity contribution in [2.75, 3.05) is 11.7 Å². The molecule has 0 fully saturated rings. The molecule has 2 N–H and O–H groups in total. The molecule has 5 heteroatoms. The molecule has 0 atom stereocenters. The van der Waals surface area contributed by atoms with Crippen LogP contribution < -0.4 is 10.3 Å². The quantitative estimate of drug-likeness (QED) is 0.165. The van der Waals surface area contributed by atoms with Gasteiger partial charge in [-0.1, -0.05) is 115 Å². The summed E-state index contributed by atoms with van der Waals surface area (Å²) in [5, 5.41) is 0. The van der Waals surface area contributed by atoms with Crippen molar-refractivity contribution in [1.82, 2.24) is 4.83 Å². The van der Waals surface area contributed by atoms with Crippen LogP contribution in [0.5, 0.6) is 0 Å². The number of hydrogen-bond donors (Lipinski definition) is 2. The van der Waals surface area contributed by atoms with E-state index in [1.165, 1.54) is 108 Å². The van der Waals surface area contributed by atoms with E-state index in [4.69, 9.17) is 0 Å². The van der Waals surface area contributed by atoms with Crippen LogP contribution in [-0.4, -0.2) is 14.7 Å². The molecule has 0 aliphatic heterocycles. The van der Waals surface area contributed by atoms with Gasteiger partial charge in [0.2, 0.25) is 10.0 Å². The van der Waals surface area contributed by atoms with Gasteiger partial charge >= 0.3 is 0 Å². The molecule has 0 aromatic heterocycles. The zero-order valence-electron chi connectivity index (χ0n) is 19.6. The van der Waals surface area contributed by atoms with Crippen molar-refractivity contribution in [1.29, 1.82) is 0 Å². The average Bonchev–Trinajstić information content (AvgIpc) is 2.72. The Morgan fingerprint density at radius 1 is 0.633 bits per heavy atom. The molecule has 0 heterocycles. The molecule has 1 aromatic rings. The highest BCUT2D eigenvalue weighted by Crippen LogP contribution is 2.15. The highest BCUT2D eigenvalue weighted by atomic mass is 32.2. The monoisotopic (exact) mass is 438 g/mol.